The molecule has 0 aromatic heterocycles. The third-order valence-electron chi connectivity index (χ3n) is 6.70. The molecule has 0 aliphatic heterocycles. The number of alkyl carbamates (subject to hydrolysis) is 1. The first-order valence-corrected chi connectivity index (χ1v) is 14.3. The maximum atomic E-state index is 14.7. The molecule has 3 rings (SSSR count). The molecule has 0 saturated carbocycles. The summed E-state index contributed by atoms with van der Waals surface area (Å²) in [5.74, 6) is -0.794. The van der Waals surface area contributed by atoms with E-state index in [1.807, 2.05) is 70.2 Å². The van der Waals surface area contributed by atoms with Crippen molar-refractivity contribution in [3.63, 3.8) is 0 Å². The minimum Gasteiger partial charge on any atom is -0.508 e. The van der Waals surface area contributed by atoms with Crippen molar-refractivity contribution in [3.8, 4) is 5.75 Å². The lowest BCUT2D eigenvalue weighted by atomic mass is 9.93. The molecule has 8 nitrogen and oxygen atoms in total. The van der Waals surface area contributed by atoms with Crippen LogP contribution < -0.4 is 10.6 Å². The molecule has 228 valence electrons. The summed E-state index contributed by atoms with van der Waals surface area (Å²) in [5, 5.41) is 15.6. The number of phenols is 1. The Bertz CT molecular complexity index is 1450. The summed E-state index contributed by atoms with van der Waals surface area (Å²) in [4.78, 5) is 43.4. The molecule has 0 saturated heterocycles. The van der Waals surface area contributed by atoms with Gasteiger partial charge in [-0.25, -0.2) is 4.79 Å². The standard InChI is InChI=1S/C35H43N3O5/c1-9-24-14-12-15-26(21-24)30(31(40)36-28-16-11-10-13-23(28)2)38(34(3,4)5)32(41)29(37-33(42)43-35(6,7)8)22-25-17-19-27(39)20-18-25/h9-21,29-30,39H,1,22H2,2-8H3,(H,36,40)(H,37,42). The Kier molecular flexibility index (Phi) is 10.4. The minimum atomic E-state index is -1.09. The van der Waals surface area contributed by atoms with Gasteiger partial charge in [0.05, 0.1) is 0 Å². The Hall–Kier alpha value is -4.59. The fourth-order valence-electron chi connectivity index (χ4n) is 4.72. The number of carbonyl (C=O) groups is 3. The van der Waals surface area contributed by atoms with Crippen LogP contribution in [0.2, 0.25) is 0 Å². The summed E-state index contributed by atoms with van der Waals surface area (Å²) in [5.41, 5.74) is 1.94. The summed E-state index contributed by atoms with van der Waals surface area (Å²) >= 11 is 0. The molecule has 3 aromatic rings. The Morgan fingerprint density at radius 3 is 2.19 bits per heavy atom. The Labute approximate surface area is 254 Å². The van der Waals surface area contributed by atoms with Crippen LogP contribution in [0.25, 0.3) is 6.08 Å². The number of phenolic OH excluding ortho intramolecular Hbond substituents is 1. The van der Waals surface area contributed by atoms with Gasteiger partial charge in [0.15, 0.2) is 0 Å². The Morgan fingerprint density at radius 1 is 0.953 bits per heavy atom. The number of ether oxygens (including phenoxy) is 1. The SMILES string of the molecule is C=Cc1cccc(C(C(=O)Nc2ccccc2C)N(C(=O)C(Cc2ccc(O)cc2)NC(=O)OC(C)(C)C)C(C)(C)C)c1. The van der Waals surface area contributed by atoms with Gasteiger partial charge in [0.2, 0.25) is 5.91 Å². The predicted octanol–water partition coefficient (Wildman–Crippen LogP) is 6.79. The molecule has 3 amide bonds. The van der Waals surface area contributed by atoms with Gasteiger partial charge in [-0.1, -0.05) is 61.2 Å². The van der Waals surface area contributed by atoms with E-state index in [-0.39, 0.29) is 12.2 Å². The number of carbonyl (C=O) groups excluding carboxylic acids is 3. The first kappa shape index (κ1) is 32.9. The highest BCUT2D eigenvalue weighted by atomic mass is 16.6. The number of aryl methyl sites for hydroxylation is 1. The van der Waals surface area contributed by atoms with E-state index < -0.39 is 41.1 Å². The summed E-state index contributed by atoms with van der Waals surface area (Å²) in [6, 6.07) is 19.0. The molecular weight excluding hydrogens is 542 g/mol. The average molecular weight is 586 g/mol. The molecule has 2 unspecified atom stereocenters. The van der Waals surface area contributed by atoms with Crippen molar-refractivity contribution < 1.29 is 24.2 Å². The number of nitrogens with zero attached hydrogens (tertiary/aromatic N) is 1. The van der Waals surface area contributed by atoms with Crippen molar-refractivity contribution in [2.75, 3.05) is 5.32 Å². The second-order valence-corrected chi connectivity index (χ2v) is 12.5. The molecule has 43 heavy (non-hydrogen) atoms. The van der Waals surface area contributed by atoms with Gasteiger partial charge < -0.3 is 25.4 Å². The van der Waals surface area contributed by atoms with Crippen LogP contribution in [0.3, 0.4) is 0 Å². The number of benzene rings is 3. The molecule has 0 aliphatic rings. The number of anilines is 1. The van der Waals surface area contributed by atoms with Crippen LogP contribution >= 0.6 is 0 Å². The Morgan fingerprint density at radius 2 is 1.60 bits per heavy atom. The van der Waals surface area contributed by atoms with Crippen molar-refractivity contribution in [2.45, 2.75) is 78.1 Å². The number of amides is 3. The molecular formula is C35H43N3O5. The molecule has 3 aromatic carbocycles. The van der Waals surface area contributed by atoms with Crippen LogP contribution in [-0.4, -0.2) is 45.1 Å². The van der Waals surface area contributed by atoms with Gasteiger partial charge in [0, 0.05) is 17.6 Å². The van der Waals surface area contributed by atoms with E-state index in [1.54, 1.807) is 45.0 Å². The number of rotatable bonds is 9. The maximum Gasteiger partial charge on any atom is 0.408 e. The lowest BCUT2D eigenvalue weighted by Gasteiger charge is -2.43. The number of hydrogen-bond donors (Lipinski definition) is 3. The van der Waals surface area contributed by atoms with E-state index in [0.29, 0.717) is 16.8 Å². The molecule has 8 heteroatoms. The second-order valence-electron chi connectivity index (χ2n) is 12.5. The Balaban J connectivity index is 2.14. The zero-order valence-corrected chi connectivity index (χ0v) is 26.1. The van der Waals surface area contributed by atoms with Crippen LogP contribution in [0.15, 0.2) is 79.4 Å². The molecule has 0 fully saturated rings. The van der Waals surface area contributed by atoms with Gasteiger partial charge in [-0.3, -0.25) is 9.59 Å². The highest BCUT2D eigenvalue weighted by Gasteiger charge is 2.42. The minimum absolute atomic E-state index is 0.0816. The van der Waals surface area contributed by atoms with Gasteiger partial charge in [-0.15, -0.1) is 0 Å². The molecule has 0 bridgehead atoms. The summed E-state index contributed by atoms with van der Waals surface area (Å²) < 4.78 is 5.50. The molecule has 3 N–H and O–H groups in total. The molecule has 0 radical (unpaired) electrons. The fourth-order valence-corrected chi connectivity index (χ4v) is 4.72. The van der Waals surface area contributed by atoms with Crippen molar-refractivity contribution in [1.29, 1.82) is 0 Å². The van der Waals surface area contributed by atoms with E-state index in [9.17, 15) is 19.5 Å². The first-order chi connectivity index (χ1) is 20.1. The third-order valence-corrected chi connectivity index (χ3v) is 6.70. The van der Waals surface area contributed by atoms with Gasteiger partial charge in [-0.2, -0.15) is 0 Å². The van der Waals surface area contributed by atoms with E-state index in [0.717, 1.165) is 11.1 Å². The van der Waals surface area contributed by atoms with Crippen LogP contribution in [-0.2, 0) is 20.7 Å². The van der Waals surface area contributed by atoms with Crippen LogP contribution in [0.4, 0.5) is 10.5 Å². The zero-order valence-electron chi connectivity index (χ0n) is 26.1. The normalized spacial score (nSPS) is 12.9. The molecule has 2 atom stereocenters. The van der Waals surface area contributed by atoms with Crippen molar-refractivity contribution >= 4 is 29.7 Å². The molecule has 0 heterocycles. The summed E-state index contributed by atoms with van der Waals surface area (Å²) in [6.07, 6.45) is 1.03. The molecule has 0 spiro atoms. The van der Waals surface area contributed by atoms with Gasteiger partial charge in [0.25, 0.3) is 5.91 Å². The highest BCUT2D eigenvalue weighted by Crippen LogP contribution is 2.32. The van der Waals surface area contributed by atoms with E-state index >= 15 is 0 Å². The van der Waals surface area contributed by atoms with Gasteiger partial charge in [0.1, 0.15) is 23.4 Å². The van der Waals surface area contributed by atoms with Gasteiger partial charge >= 0.3 is 6.09 Å². The van der Waals surface area contributed by atoms with Crippen molar-refractivity contribution in [1.82, 2.24) is 10.2 Å². The lowest BCUT2D eigenvalue weighted by Crippen LogP contribution is -2.58. The van der Waals surface area contributed by atoms with E-state index in [1.165, 1.54) is 17.0 Å². The average Bonchev–Trinajstić information content (AvgIpc) is 2.91. The lowest BCUT2D eigenvalue weighted by molar-refractivity contribution is -0.146. The number of aromatic hydroxyl groups is 1. The quantitative estimate of drug-likeness (QED) is 0.256. The summed E-state index contributed by atoms with van der Waals surface area (Å²) in [7, 11) is 0. The van der Waals surface area contributed by atoms with Crippen LogP contribution in [0.1, 0.15) is 69.8 Å². The van der Waals surface area contributed by atoms with Crippen LogP contribution in [0, 0.1) is 6.92 Å². The van der Waals surface area contributed by atoms with E-state index in [4.69, 9.17) is 4.74 Å². The fraction of sp³-hybridized carbons (Fsp3) is 0.343. The molecule has 0 aliphatic carbocycles. The number of nitrogens with one attached hydrogen (secondary N) is 2. The number of hydrogen-bond acceptors (Lipinski definition) is 5. The first-order valence-electron chi connectivity index (χ1n) is 14.3. The van der Waals surface area contributed by atoms with Crippen LogP contribution in [0.5, 0.6) is 5.75 Å². The third kappa shape index (κ3) is 9.20. The van der Waals surface area contributed by atoms with E-state index in [2.05, 4.69) is 17.2 Å². The smallest absolute Gasteiger partial charge is 0.408 e. The highest BCUT2D eigenvalue weighted by molar-refractivity contribution is 5.99. The van der Waals surface area contributed by atoms with Crippen molar-refractivity contribution in [3.05, 3.63) is 102 Å². The van der Waals surface area contributed by atoms with Gasteiger partial charge in [-0.05, 0) is 95.0 Å². The summed E-state index contributed by atoms with van der Waals surface area (Å²) in [6.45, 7) is 16.5. The number of para-hydroxylation sites is 1. The topological polar surface area (TPSA) is 108 Å². The predicted molar refractivity (Wildman–Crippen MR) is 171 cm³/mol. The largest absolute Gasteiger partial charge is 0.508 e. The second kappa shape index (κ2) is 13.6. The maximum absolute atomic E-state index is 14.7. The van der Waals surface area contributed by atoms with Crippen molar-refractivity contribution in [2.24, 2.45) is 0 Å². The zero-order chi connectivity index (χ0) is 31.9. The monoisotopic (exact) mass is 585 g/mol.